The zero-order valence-corrected chi connectivity index (χ0v) is 17.2. The van der Waals surface area contributed by atoms with Crippen LogP contribution in [0.25, 0.3) is 5.78 Å². The first kappa shape index (κ1) is 18.9. The smallest absolute Gasteiger partial charge is 0.254 e. The molecular formula is C23H25N5O2. The fraction of sp³-hybridized carbons (Fsp3) is 0.435. The van der Waals surface area contributed by atoms with Crippen LogP contribution >= 0.6 is 0 Å². The van der Waals surface area contributed by atoms with Gasteiger partial charge in [-0.15, -0.1) is 0 Å². The average Bonchev–Trinajstić information content (AvgIpc) is 3.25. The Bertz CT molecular complexity index is 1140. The van der Waals surface area contributed by atoms with Crippen molar-refractivity contribution < 1.29 is 9.59 Å². The van der Waals surface area contributed by atoms with Crippen molar-refractivity contribution in [3.8, 4) is 0 Å². The van der Waals surface area contributed by atoms with Crippen molar-refractivity contribution in [1.82, 2.24) is 24.5 Å². The van der Waals surface area contributed by atoms with Gasteiger partial charge in [0.05, 0.1) is 11.3 Å². The fourth-order valence-corrected chi connectivity index (χ4v) is 5.00. The van der Waals surface area contributed by atoms with E-state index in [2.05, 4.69) is 15.1 Å². The van der Waals surface area contributed by atoms with Gasteiger partial charge in [-0.2, -0.15) is 10.1 Å². The first-order valence-electron chi connectivity index (χ1n) is 10.7. The summed E-state index contributed by atoms with van der Waals surface area (Å²) in [5.74, 6) is 0.702. The molecular weight excluding hydrogens is 378 g/mol. The number of aldehydes is 1. The number of carbonyl (C=O) groups excluding carboxylic acids is 2. The summed E-state index contributed by atoms with van der Waals surface area (Å²) in [5.41, 5.74) is 5.36. The highest BCUT2D eigenvalue weighted by Gasteiger charge is 2.29. The lowest BCUT2D eigenvalue weighted by molar-refractivity contribution is 0.0702. The number of benzene rings is 1. The first-order valence-corrected chi connectivity index (χ1v) is 10.7. The summed E-state index contributed by atoms with van der Waals surface area (Å²) >= 11 is 0. The third-order valence-electron chi connectivity index (χ3n) is 6.46. The van der Waals surface area contributed by atoms with E-state index in [4.69, 9.17) is 0 Å². The van der Waals surface area contributed by atoms with E-state index in [0.29, 0.717) is 30.0 Å². The van der Waals surface area contributed by atoms with Gasteiger partial charge in [0.15, 0.2) is 6.29 Å². The molecule has 1 aliphatic carbocycles. The molecule has 7 heteroatoms. The number of amides is 1. The van der Waals surface area contributed by atoms with Crippen molar-refractivity contribution in [2.24, 2.45) is 0 Å². The number of aryl methyl sites for hydroxylation is 2. The third-order valence-corrected chi connectivity index (χ3v) is 6.46. The molecule has 1 fully saturated rings. The molecule has 1 atom stereocenters. The molecule has 0 radical (unpaired) electrons. The van der Waals surface area contributed by atoms with Crippen LogP contribution in [-0.2, 0) is 12.8 Å². The molecule has 0 N–H and O–H groups in total. The second-order valence-electron chi connectivity index (χ2n) is 8.37. The molecule has 2 aromatic heterocycles. The van der Waals surface area contributed by atoms with E-state index < -0.39 is 0 Å². The first-order chi connectivity index (χ1) is 14.7. The molecule has 3 heterocycles. The number of fused-ring (bicyclic) bond motifs is 2. The Morgan fingerprint density at radius 2 is 2.07 bits per heavy atom. The summed E-state index contributed by atoms with van der Waals surface area (Å²) in [6, 6.07) is 5.93. The topological polar surface area (TPSA) is 80.5 Å². The van der Waals surface area contributed by atoms with Crippen LogP contribution < -0.4 is 0 Å². The van der Waals surface area contributed by atoms with E-state index in [1.165, 1.54) is 11.9 Å². The highest BCUT2D eigenvalue weighted by molar-refractivity contribution is 6.02. The third kappa shape index (κ3) is 3.18. The number of hydrogen-bond acceptors (Lipinski definition) is 5. The second-order valence-corrected chi connectivity index (χ2v) is 8.37. The SMILES string of the molecule is Cc1cc(C2CCCN(C(=O)c3ccc4c(c3C=O)CCCC4)C2)n2ncnc2n1. The Kier molecular flexibility index (Phi) is 4.81. The van der Waals surface area contributed by atoms with Gasteiger partial charge in [-0.3, -0.25) is 9.59 Å². The molecule has 0 spiro atoms. The fourth-order valence-electron chi connectivity index (χ4n) is 5.00. The van der Waals surface area contributed by atoms with Gasteiger partial charge in [-0.1, -0.05) is 6.07 Å². The normalized spacial score (nSPS) is 19.0. The Balaban J connectivity index is 1.46. The zero-order chi connectivity index (χ0) is 20.7. The van der Waals surface area contributed by atoms with Crippen LogP contribution in [0.2, 0.25) is 0 Å². The van der Waals surface area contributed by atoms with Gasteiger partial charge >= 0.3 is 0 Å². The summed E-state index contributed by atoms with van der Waals surface area (Å²) in [6.45, 7) is 3.26. The molecule has 2 aliphatic rings. The van der Waals surface area contributed by atoms with E-state index in [0.717, 1.165) is 61.8 Å². The van der Waals surface area contributed by atoms with E-state index in [9.17, 15) is 9.59 Å². The predicted molar refractivity (Wildman–Crippen MR) is 112 cm³/mol. The van der Waals surface area contributed by atoms with Crippen LogP contribution in [0.3, 0.4) is 0 Å². The number of nitrogens with zero attached hydrogens (tertiary/aromatic N) is 5. The Labute approximate surface area is 175 Å². The zero-order valence-electron chi connectivity index (χ0n) is 17.2. The summed E-state index contributed by atoms with van der Waals surface area (Å²) in [7, 11) is 0. The lowest BCUT2D eigenvalue weighted by atomic mass is 9.85. The van der Waals surface area contributed by atoms with Crippen molar-refractivity contribution in [1.29, 1.82) is 0 Å². The van der Waals surface area contributed by atoms with Crippen molar-refractivity contribution in [2.45, 2.75) is 51.4 Å². The molecule has 0 bridgehead atoms. The molecule has 5 rings (SSSR count). The number of hydrogen-bond donors (Lipinski definition) is 0. The lowest BCUT2D eigenvalue weighted by Crippen LogP contribution is -2.40. The van der Waals surface area contributed by atoms with Crippen LogP contribution in [0.5, 0.6) is 0 Å². The van der Waals surface area contributed by atoms with Crippen LogP contribution in [0.15, 0.2) is 24.5 Å². The number of aromatic nitrogens is 4. The predicted octanol–water partition coefficient (Wildman–Crippen LogP) is 3.14. The summed E-state index contributed by atoms with van der Waals surface area (Å²) in [6.07, 6.45) is 8.38. The number of piperidine rings is 1. The van der Waals surface area contributed by atoms with E-state index in [-0.39, 0.29) is 11.8 Å². The van der Waals surface area contributed by atoms with Crippen molar-refractivity contribution in [3.05, 3.63) is 58.2 Å². The van der Waals surface area contributed by atoms with Gasteiger partial charge in [0.25, 0.3) is 11.7 Å². The summed E-state index contributed by atoms with van der Waals surface area (Å²) in [4.78, 5) is 35.9. The molecule has 1 saturated heterocycles. The standard InChI is InChI=1S/C23H25N5O2/c1-15-11-21(28-23(26-15)24-14-25-28)17-6-4-10-27(12-17)22(30)19-9-8-16-5-2-3-7-18(16)20(19)13-29/h8-9,11,13-14,17H,2-7,10,12H2,1H3. The van der Waals surface area contributed by atoms with E-state index in [1.807, 2.05) is 30.0 Å². The minimum atomic E-state index is -0.0456. The minimum Gasteiger partial charge on any atom is -0.338 e. The maximum Gasteiger partial charge on any atom is 0.254 e. The molecule has 30 heavy (non-hydrogen) atoms. The largest absolute Gasteiger partial charge is 0.338 e. The monoisotopic (exact) mass is 403 g/mol. The minimum absolute atomic E-state index is 0.0456. The van der Waals surface area contributed by atoms with Crippen LogP contribution in [0.4, 0.5) is 0 Å². The highest BCUT2D eigenvalue weighted by atomic mass is 16.2. The quantitative estimate of drug-likeness (QED) is 0.628. The summed E-state index contributed by atoms with van der Waals surface area (Å²) in [5, 5.41) is 4.33. The molecule has 1 unspecified atom stereocenters. The number of likely N-dealkylation sites (tertiary alicyclic amines) is 1. The van der Waals surface area contributed by atoms with Crippen LogP contribution in [0, 0.1) is 6.92 Å². The Hall–Kier alpha value is -3.09. The van der Waals surface area contributed by atoms with Crippen molar-refractivity contribution >= 4 is 18.0 Å². The van der Waals surface area contributed by atoms with Crippen LogP contribution in [0.1, 0.15) is 74.8 Å². The second kappa shape index (κ2) is 7.63. The number of rotatable bonds is 3. The Morgan fingerprint density at radius 3 is 2.93 bits per heavy atom. The van der Waals surface area contributed by atoms with Crippen LogP contribution in [-0.4, -0.2) is 49.8 Å². The molecule has 154 valence electrons. The van der Waals surface area contributed by atoms with Gasteiger partial charge < -0.3 is 4.90 Å². The van der Waals surface area contributed by atoms with Crippen molar-refractivity contribution in [3.63, 3.8) is 0 Å². The van der Waals surface area contributed by atoms with Gasteiger partial charge in [0.2, 0.25) is 0 Å². The van der Waals surface area contributed by atoms with Gasteiger partial charge in [0.1, 0.15) is 6.33 Å². The summed E-state index contributed by atoms with van der Waals surface area (Å²) < 4.78 is 1.78. The van der Waals surface area contributed by atoms with E-state index in [1.54, 1.807) is 4.52 Å². The molecule has 1 aromatic carbocycles. The Morgan fingerprint density at radius 1 is 1.20 bits per heavy atom. The van der Waals surface area contributed by atoms with Gasteiger partial charge in [-0.25, -0.2) is 9.50 Å². The number of carbonyl (C=O) groups is 2. The molecule has 3 aromatic rings. The van der Waals surface area contributed by atoms with E-state index >= 15 is 0 Å². The molecule has 1 aliphatic heterocycles. The molecule has 1 amide bonds. The highest BCUT2D eigenvalue weighted by Crippen LogP contribution is 2.30. The van der Waals surface area contributed by atoms with Crippen molar-refractivity contribution in [2.75, 3.05) is 13.1 Å². The van der Waals surface area contributed by atoms with Gasteiger partial charge in [0, 0.05) is 30.3 Å². The maximum absolute atomic E-state index is 13.4. The molecule has 7 nitrogen and oxygen atoms in total. The van der Waals surface area contributed by atoms with Gasteiger partial charge in [-0.05, 0) is 68.7 Å². The molecule has 0 saturated carbocycles. The average molecular weight is 403 g/mol. The maximum atomic E-state index is 13.4. The lowest BCUT2D eigenvalue weighted by Gasteiger charge is -2.33.